The van der Waals surface area contributed by atoms with E-state index < -0.39 is 6.04 Å². The Morgan fingerprint density at radius 1 is 1.07 bits per heavy atom. The molecule has 2 rings (SSSR count). The summed E-state index contributed by atoms with van der Waals surface area (Å²) >= 11 is 0. The molecule has 148 valence electrons. The van der Waals surface area contributed by atoms with E-state index in [-0.39, 0.29) is 17.7 Å². The molecule has 0 aliphatic carbocycles. The van der Waals surface area contributed by atoms with Crippen molar-refractivity contribution < 1.29 is 14.3 Å². The zero-order valence-electron chi connectivity index (χ0n) is 16.6. The van der Waals surface area contributed by atoms with Gasteiger partial charge in [0.05, 0.1) is 7.11 Å². The number of hydrogen-bond acceptors (Lipinski definition) is 3. The van der Waals surface area contributed by atoms with Crippen molar-refractivity contribution in [2.24, 2.45) is 5.92 Å². The van der Waals surface area contributed by atoms with Crippen molar-refractivity contribution in [3.05, 3.63) is 71.8 Å². The summed E-state index contributed by atoms with van der Waals surface area (Å²) in [5.74, 6) is 0.308. The summed E-state index contributed by atoms with van der Waals surface area (Å²) in [6, 6.07) is 16.5. The van der Waals surface area contributed by atoms with E-state index >= 15 is 0 Å². The molecule has 2 aromatic carbocycles. The van der Waals surface area contributed by atoms with Crippen molar-refractivity contribution in [2.75, 3.05) is 7.11 Å². The minimum absolute atomic E-state index is 0.0223. The lowest BCUT2D eigenvalue weighted by molar-refractivity contribution is -0.128. The third-order valence-electron chi connectivity index (χ3n) is 4.65. The van der Waals surface area contributed by atoms with E-state index in [1.807, 2.05) is 68.4 Å². The summed E-state index contributed by atoms with van der Waals surface area (Å²) in [5.41, 5.74) is 1.90. The number of rotatable bonds is 9. The van der Waals surface area contributed by atoms with E-state index in [1.54, 1.807) is 13.2 Å². The minimum Gasteiger partial charge on any atom is -0.497 e. The first-order valence-electron chi connectivity index (χ1n) is 9.47. The standard InChI is InChI=1S/C23H28N2O3/c1-4-17(2)22(23(27)24-16-19-8-6-5-7-9-19)25-21(26)15-12-18-10-13-20(28-3)14-11-18/h5-15,17,22H,4,16H2,1-3H3,(H,24,27)(H,25,26)/b15-12+/t17-,22-/m0/s1. The van der Waals surface area contributed by atoms with Gasteiger partial charge in [0.25, 0.3) is 0 Å². The van der Waals surface area contributed by atoms with E-state index in [0.29, 0.717) is 6.54 Å². The molecule has 0 fully saturated rings. The molecule has 28 heavy (non-hydrogen) atoms. The number of ether oxygens (including phenoxy) is 1. The maximum Gasteiger partial charge on any atom is 0.244 e. The topological polar surface area (TPSA) is 67.4 Å². The SMILES string of the molecule is CC[C@H](C)[C@H](NC(=O)/C=C/c1ccc(OC)cc1)C(=O)NCc1ccccc1. The first kappa shape index (κ1) is 21.2. The molecule has 0 saturated heterocycles. The lowest BCUT2D eigenvalue weighted by atomic mass is 9.98. The summed E-state index contributed by atoms with van der Waals surface area (Å²) < 4.78 is 5.12. The molecule has 2 atom stereocenters. The highest BCUT2D eigenvalue weighted by atomic mass is 16.5. The molecule has 0 saturated carbocycles. The number of carbonyl (C=O) groups is 2. The second kappa shape index (κ2) is 10.9. The Morgan fingerprint density at radius 3 is 2.36 bits per heavy atom. The van der Waals surface area contributed by atoms with Crippen molar-refractivity contribution in [2.45, 2.75) is 32.9 Å². The quantitative estimate of drug-likeness (QED) is 0.654. The molecule has 0 unspecified atom stereocenters. The largest absolute Gasteiger partial charge is 0.497 e. The van der Waals surface area contributed by atoms with E-state index in [0.717, 1.165) is 23.3 Å². The van der Waals surface area contributed by atoms with Crippen LogP contribution in [0.3, 0.4) is 0 Å². The molecule has 2 N–H and O–H groups in total. The van der Waals surface area contributed by atoms with Crippen molar-refractivity contribution in [3.63, 3.8) is 0 Å². The van der Waals surface area contributed by atoms with Crippen molar-refractivity contribution in [3.8, 4) is 5.75 Å². The first-order chi connectivity index (χ1) is 13.5. The fourth-order valence-corrected chi connectivity index (χ4v) is 2.69. The van der Waals surface area contributed by atoms with E-state index in [9.17, 15) is 9.59 Å². The van der Waals surface area contributed by atoms with Crippen LogP contribution in [0, 0.1) is 5.92 Å². The van der Waals surface area contributed by atoms with E-state index in [1.165, 1.54) is 6.08 Å². The smallest absolute Gasteiger partial charge is 0.244 e. The molecule has 0 aromatic heterocycles. The fraction of sp³-hybridized carbons (Fsp3) is 0.304. The molecule has 0 radical (unpaired) electrons. The highest BCUT2D eigenvalue weighted by molar-refractivity contribution is 5.95. The summed E-state index contributed by atoms with van der Waals surface area (Å²) in [4.78, 5) is 25.0. The van der Waals surface area contributed by atoms with Crippen LogP contribution in [0.25, 0.3) is 6.08 Å². The number of amides is 2. The first-order valence-corrected chi connectivity index (χ1v) is 9.47. The number of hydrogen-bond donors (Lipinski definition) is 2. The molecule has 5 nitrogen and oxygen atoms in total. The van der Waals surface area contributed by atoms with Crippen LogP contribution in [0.15, 0.2) is 60.7 Å². The second-order valence-corrected chi connectivity index (χ2v) is 6.68. The Hall–Kier alpha value is -3.08. The highest BCUT2D eigenvalue weighted by Crippen LogP contribution is 2.13. The molecule has 5 heteroatoms. The van der Waals surface area contributed by atoms with Gasteiger partial charge < -0.3 is 15.4 Å². The lowest BCUT2D eigenvalue weighted by Crippen LogP contribution is -2.49. The average molecular weight is 380 g/mol. The Morgan fingerprint density at radius 2 is 1.75 bits per heavy atom. The van der Waals surface area contributed by atoms with Crippen molar-refractivity contribution in [1.29, 1.82) is 0 Å². The molecule has 2 aromatic rings. The van der Waals surface area contributed by atoms with Gasteiger partial charge in [0, 0.05) is 12.6 Å². The maximum absolute atomic E-state index is 12.6. The Kier molecular flexibility index (Phi) is 8.28. The monoisotopic (exact) mass is 380 g/mol. The number of nitrogens with one attached hydrogen (secondary N) is 2. The zero-order chi connectivity index (χ0) is 20.4. The minimum atomic E-state index is -0.582. The normalized spacial score (nSPS) is 13.0. The van der Waals surface area contributed by atoms with Gasteiger partial charge in [-0.1, -0.05) is 62.7 Å². The van der Waals surface area contributed by atoms with Crippen LogP contribution >= 0.6 is 0 Å². The molecule has 0 aliphatic heterocycles. The van der Waals surface area contributed by atoms with Crippen molar-refractivity contribution in [1.82, 2.24) is 10.6 Å². The van der Waals surface area contributed by atoms with Crippen LogP contribution in [0.5, 0.6) is 5.75 Å². The summed E-state index contributed by atoms with van der Waals surface area (Å²) in [5, 5.41) is 5.75. The van der Waals surface area contributed by atoms with Gasteiger partial charge in [-0.2, -0.15) is 0 Å². The van der Waals surface area contributed by atoms with Gasteiger partial charge in [-0.3, -0.25) is 9.59 Å². The molecule has 2 amide bonds. The van der Waals surface area contributed by atoms with Crippen LogP contribution in [-0.4, -0.2) is 25.0 Å². The molecular weight excluding hydrogens is 352 g/mol. The van der Waals surface area contributed by atoms with E-state index in [2.05, 4.69) is 10.6 Å². The summed E-state index contributed by atoms with van der Waals surface area (Å²) in [7, 11) is 1.61. The Bertz CT molecular complexity index is 785. The van der Waals surface area contributed by atoms with Crippen LogP contribution in [0.4, 0.5) is 0 Å². The average Bonchev–Trinajstić information content (AvgIpc) is 2.74. The summed E-state index contributed by atoms with van der Waals surface area (Å²) in [6.07, 6.45) is 3.94. The zero-order valence-corrected chi connectivity index (χ0v) is 16.6. The molecular formula is C23H28N2O3. The second-order valence-electron chi connectivity index (χ2n) is 6.68. The highest BCUT2D eigenvalue weighted by Gasteiger charge is 2.24. The van der Waals surface area contributed by atoms with Gasteiger partial charge in [-0.05, 0) is 35.3 Å². The third kappa shape index (κ3) is 6.58. The predicted molar refractivity (Wildman–Crippen MR) is 112 cm³/mol. The Labute approximate surface area is 166 Å². The van der Waals surface area contributed by atoms with E-state index in [4.69, 9.17) is 4.74 Å². The van der Waals surface area contributed by atoms with Crippen LogP contribution in [0.2, 0.25) is 0 Å². The fourth-order valence-electron chi connectivity index (χ4n) is 2.69. The van der Waals surface area contributed by atoms with Crippen LogP contribution in [0.1, 0.15) is 31.4 Å². The van der Waals surface area contributed by atoms with Crippen LogP contribution in [-0.2, 0) is 16.1 Å². The molecule has 0 bridgehead atoms. The lowest BCUT2D eigenvalue weighted by Gasteiger charge is -2.23. The van der Waals surface area contributed by atoms with Gasteiger partial charge >= 0.3 is 0 Å². The third-order valence-corrected chi connectivity index (χ3v) is 4.65. The maximum atomic E-state index is 12.6. The number of benzene rings is 2. The van der Waals surface area contributed by atoms with Gasteiger partial charge in [0.1, 0.15) is 11.8 Å². The summed E-state index contributed by atoms with van der Waals surface area (Å²) in [6.45, 7) is 4.39. The van der Waals surface area contributed by atoms with Gasteiger partial charge in [-0.25, -0.2) is 0 Å². The predicted octanol–water partition coefficient (Wildman–Crippen LogP) is 3.56. The van der Waals surface area contributed by atoms with Gasteiger partial charge in [0.15, 0.2) is 0 Å². The Balaban J connectivity index is 1.96. The number of carbonyl (C=O) groups excluding carboxylic acids is 2. The van der Waals surface area contributed by atoms with Crippen molar-refractivity contribution >= 4 is 17.9 Å². The van der Waals surface area contributed by atoms with Crippen LogP contribution < -0.4 is 15.4 Å². The molecule has 0 heterocycles. The van der Waals surface area contributed by atoms with Gasteiger partial charge in [0.2, 0.25) is 11.8 Å². The number of methoxy groups -OCH3 is 1. The van der Waals surface area contributed by atoms with Gasteiger partial charge in [-0.15, -0.1) is 0 Å². The molecule has 0 aliphatic rings. The molecule has 0 spiro atoms.